The van der Waals surface area contributed by atoms with Crippen LogP contribution in [-0.4, -0.2) is 43.3 Å². The molecule has 0 spiro atoms. The van der Waals surface area contributed by atoms with Crippen molar-refractivity contribution in [3.63, 3.8) is 0 Å². The van der Waals surface area contributed by atoms with Crippen molar-refractivity contribution in [1.29, 1.82) is 0 Å². The third-order valence-electron chi connectivity index (χ3n) is 1.29. The van der Waals surface area contributed by atoms with Gasteiger partial charge in [0.1, 0.15) is 0 Å². The predicted molar refractivity (Wildman–Crippen MR) is 42.0 cm³/mol. The van der Waals surface area contributed by atoms with Gasteiger partial charge in [0.05, 0.1) is 0 Å². The van der Waals surface area contributed by atoms with Crippen LogP contribution in [0.3, 0.4) is 0 Å². The average Bonchev–Trinajstić information content (AvgIpc) is 2.10. The first-order chi connectivity index (χ1) is 6.70. The van der Waals surface area contributed by atoms with Gasteiger partial charge in [-0.15, -0.1) is 0 Å². The molecule has 1 unspecified atom stereocenters. The van der Waals surface area contributed by atoms with E-state index in [-0.39, 0.29) is 0 Å². The minimum absolute atomic E-state index is 0.964. The standard InChI is InChI=1S/C6H10F3N3O3/c1-12(2)4(3(13)11-10)15-5(14)6(7,8)9/h4H,10H2,1-2H3,(H,11,13). The summed E-state index contributed by atoms with van der Waals surface area (Å²) in [7, 11) is 2.51. The van der Waals surface area contributed by atoms with Crippen LogP contribution in [0.15, 0.2) is 0 Å². The molecule has 0 aliphatic rings. The molecule has 88 valence electrons. The summed E-state index contributed by atoms with van der Waals surface area (Å²) in [4.78, 5) is 22.3. The van der Waals surface area contributed by atoms with Crippen LogP contribution in [0.4, 0.5) is 13.2 Å². The van der Waals surface area contributed by atoms with Gasteiger partial charge in [-0.2, -0.15) is 13.2 Å². The van der Waals surface area contributed by atoms with Gasteiger partial charge in [-0.05, 0) is 14.1 Å². The number of alkyl halides is 3. The monoisotopic (exact) mass is 229 g/mol. The number of hydrazine groups is 1. The van der Waals surface area contributed by atoms with E-state index in [4.69, 9.17) is 5.84 Å². The van der Waals surface area contributed by atoms with Gasteiger partial charge in [0.2, 0.25) is 6.23 Å². The highest BCUT2D eigenvalue weighted by atomic mass is 19.4. The van der Waals surface area contributed by atoms with Crippen molar-refractivity contribution in [1.82, 2.24) is 10.3 Å². The Bertz CT molecular complexity index is 254. The molecule has 0 saturated heterocycles. The number of ether oxygens (including phenoxy) is 1. The van der Waals surface area contributed by atoms with Crippen molar-refractivity contribution in [3.8, 4) is 0 Å². The summed E-state index contributed by atoms with van der Waals surface area (Å²) < 4.78 is 39.3. The van der Waals surface area contributed by atoms with Crippen molar-refractivity contribution in [2.24, 2.45) is 5.84 Å². The lowest BCUT2D eigenvalue weighted by molar-refractivity contribution is -0.211. The summed E-state index contributed by atoms with van der Waals surface area (Å²) in [5, 5.41) is 0. The SMILES string of the molecule is CN(C)C(OC(=O)C(F)(F)F)C(=O)NN. The third-order valence-corrected chi connectivity index (χ3v) is 1.29. The summed E-state index contributed by atoms with van der Waals surface area (Å²) in [5.41, 5.74) is 1.58. The predicted octanol–water partition coefficient (Wildman–Crippen LogP) is -1.03. The lowest BCUT2D eigenvalue weighted by atomic mass is 10.5. The molecule has 0 aromatic heterocycles. The lowest BCUT2D eigenvalue weighted by Gasteiger charge is -2.22. The van der Waals surface area contributed by atoms with Crippen molar-refractivity contribution < 1.29 is 27.5 Å². The van der Waals surface area contributed by atoms with Gasteiger partial charge < -0.3 is 4.74 Å². The Hall–Kier alpha value is -1.35. The number of carbonyl (C=O) groups excluding carboxylic acids is 2. The highest BCUT2D eigenvalue weighted by Crippen LogP contribution is 2.17. The highest BCUT2D eigenvalue weighted by Gasteiger charge is 2.43. The first-order valence-corrected chi connectivity index (χ1v) is 3.64. The zero-order chi connectivity index (χ0) is 12.2. The van der Waals surface area contributed by atoms with Crippen molar-refractivity contribution in [2.45, 2.75) is 12.4 Å². The van der Waals surface area contributed by atoms with Crippen LogP contribution >= 0.6 is 0 Å². The molecule has 0 bridgehead atoms. The van der Waals surface area contributed by atoms with E-state index in [1.54, 1.807) is 5.43 Å². The third kappa shape index (κ3) is 4.13. The molecule has 0 aromatic carbocycles. The van der Waals surface area contributed by atoms with Gasteiger partial charge in [-0.1, -0.05) is 0 Å². The fraction of sp³-hybridized carbons (Fsp3) is 0.667. The molecule has 9 heteroatoms. The van der Waals surface area contributed by atoms with Crippen molar-refractivity contribution >= 4 is 11.9 Å². The summed E-state index contributed by atoms with van der Waals surface area (Å²) in [5.74, 6) is 1.19. The molecule has 1 amide bonds. The van der Waals surface area contributed by atoms with Crippen LogP contribution in [-0.2, 0) is 14.3 Å². The number of amides is 1. The van der Waals surface area contributed by atoms with Crippen molar-refractivity contribution in [2.75, 3.05) is 14.1 Å². The summed E-state index contributed by atoms with van der Waals surface area (Å²) in [6, 6.07) is 0. The first-order valence-electron chi connectivity index (χ1n) is 3.64. The van der Waals surface area contributed by atoms with E-state index in [0.29, 0.717) is 0 Å². The van der Waals surface area contributed by atoms with Crippen LogP contribution < -0.4 is 11.3 Å². The van der Waals surface area contributed by atoms with E-state index in [9.17, 15) is 22.8 Å². The maximum Gasteiger partial charge on any atom is 0.490 e. The Morgan fingerprint density at radius 2 is 1.87 bits per heavy atom. The Morgan fingerprint density at radius 1 is 1.40 bits per heavy atom. The number of esters is 1. The van der Waals surface area contributed by atoms with Gasteiger partial charge in [-0.25, -0.2) is 10.6 Å². The largest absolute Gasteiger partial charge is 0.490 e. The molecule has 0 heterocycles. The zero-order valence-corrected chi connectivity index (χ0v) is 7.96. The number of likely N-dealkylation sites (N-methyl/N-ethyl adjacent to an activating group) is 1. The van der Waals surface area contributed by atoms with E-state index >= 15 is 0 Å². The number of halogens is 3. The van der Waals surface area contributed by atoms with Gasteiger partial charge in [0.25, 0.3) is 5.91 Å². The van der Waals surface area contributed by atoms with Gasteiger partial charge in [0, 0.05) is 0 Å². The normalized spacial score (nSPS) is 13.5. The quantitative estimate of drug-likeness (QED) is 0.212. The molecule has 0 saturated carbocycles. The molecule has 0 fully saturated rings. The fourth-order valence-corrected chi connectivity index (χ4v) is 0.633. The second kappa shape index (κ2) is 4.94. The molecule has 6 nitrogen and oxygen atoms in total. The summed E-state index contributed by atoms with van der Waals surface area (Å²) >= 11 is 0. The second-order valence-corrected chi connectivity index (χ2v) is 2.73. The molecule has 3 N–H and O–H groups in total. The van der Waals surface area contributed by atoms with Crippen LogP contribution in [0.5, 0.6) is 0 Å². The zero-order valence-electron chi connectivity index (χ0n) is 7.96. The van der Waals surface area contributed by atoms with Gasteiger partial charge in [-0.3, -0.25) is 15.1 Å². The Morgan fingerprint density at radius 3 is 2.13 bits per heavy atom. The minimum Gasteiger partial charge on any atom is -0.430 e. The van der Waals surface area contributed by atoms with E-state index in [1.807, 2.05) is 0 Å². The molecule has 1 atom stereocenters. The molecular formula is C6H10F3N3O3. The van der Waals surface area contributed by atoms with Crippen LogP contribution in [0.25, 0.3) is 0 Å². The van der Waals surface area contributed by atoms with E-state index < -0.39 is 24.3 Å². The topological polar surface area (TPSA) is 84.7 Å². The molecule has 0 aromatic rings. The number of nitrogens with two attached hydrogens (primary N) is 1. The fourth-order valence-electron chi connectivity index (χ4n) is 0.633. The Labute approximate surface area is 83.1 Å². The van der Waals surface area contributed by atoms with Crippen LogP contribution in [0.2, 0.25) is 0 Å². The van der Waals surface area contributed by atoms with Gasteiger partial charge in [0.15, 0.2) is 0 Å². The molecule has 0 aliphatic carbocycles. The molecule has 0 radical (unpaired) electrons. The second-order valence-electron chi connectivity index (χ2n) is 2.73. The maximum atomic E-state index is 11.8. The highest BCUT2D eigenvalue weighted by molar-refractivity contribution is 5.84. The average molecular weight is 229 g/mol. The molecule has 0 aliphatic heterocycles. The smallest absolute Gasteiger partial charge is 0.430 e. The van der Waals surface area contributed by atoms with E-state index in [0.717, 1.165) is 4.90 Å². The Balaban J connectivity index is 4.57. The number of nitrogens with zero attached hydrogens (tertiary/aromatic N) is 1. The number of carbonyl (C=O) groups is 2. The van der Waals surface area contributed by atoms with E-state index in [2.05, 4.69) is 4.74 Å². The number of hydrogen-bond donors (Lipinski definition) is 2. The van der Waals surface area contributed by atoms with Gasteiger partial charge >= 0.3 is 12.1 Å². The van der Waals surface area contributed by atoms with Crippen LogP contribution in [0.1, 0.15) is 0 Å². The summed E-state index contributed by atoms with van der Waals surface area (Å²) in [6.07, 6.45) is -6.87. The Kier molecular flexibility index (Phi) is 4.49. The maximum absolute atomic E-state index is 11.8. The minimum atomic E-state index is -5.15. The van der Waals surface area contributed by atoms with Crippen molar-refractivity contribution in [3.05, 3.63) is 0 Å². The molecule has 0 rings (SSSR count). The number of nitrogens with one attached hydrogen (secondary N) is 1. The number of rotatable bonds is 3. The lowest BCUT2D eigenvalue weighted by Crippen LogP contribution is -2.50. The number of hydrogen-bond acceptors (Lipinski definition) is 5. The van der Waals surface area contributed by atoms with E-state index in [1.165, 1.54) is 14.1 Å². The molecular weight excluding hydrogens is 219 g/mol. The molecule has 15 heavy (non-hydrogen) atoms. The first kappa shape index (κ1) is 13.7. The summed E-state index contributed by atoms with van der Waals surface area (Å²) in [6.45, 7) is 0. The van der Waals surface area contributed by atoms with Crippen LogP contribution in [0, 0.1) is 0 Å².